The number of thioether (sulfide) groups is 1. The third kappa shape index (κ3) is 6.06. The molecule has 2 aliphatic heterocycles. The van der Waals surface area contributed by atoms with E-state index in [1.807, 2.05) is 0 Å². The molecule has 214 valence electrons. The summed E-state index contributed by atoms with van der Waals surface area (Å²) in [6.45, 7) is 6.06. The number of ether oxygens (including phenoxy) is 2. The highest BCUT2D eigenvalue weighted by Crippen LogP contribution is 2.41. The van der Waals surface area contributed by atoms with Crippen molar-refractivity contribution in [3.8, 4) is 0 Å². The number of hydrogen-bond acceptors (Lipinski definition) is 15. The van der Waals surface area contributed by atoms with Gasteiger partial charge in [0.25, 0.3) is 11.8 Å². The van der Waals surface area contributed by atoms with E-state index >= 15 is 0 Å². The van der Waals surface area contributed by atoms with E-state index in [1.165, 1.54) is 33.9 Å². The number of esters is 2. The Morgan fingerprint density at radius 2 is 2.02 bits per heavy atom. The van der Waals surface area contributed by atoms with Gasteiger partial charge in [-0.3, -0.25) is 19.3 Å². The monoisotopic (exact) mass is 593 g/mol. The summed E-state index contributed by atoms with van der Waals surface area (Å²) in [5.41, 5.74) is 5.35. The molecule has 0 radical (unpaired) electrons. The van der Waals surface area contributed by atoms with Crippen LogP contribution in [0.2, 0.25) is 0 Å². The third-order valence-electron chi connectivity index (χ3n) is 5.57. The fourth-order valence-corrected chi connectivity index (χ4v) is 5.56. The van der Waals surface area contributed by atoms with Crippen molar-refractivity contribution in [3.63, 3.8) is 0 Å². The molecule has 2 amide bonds. The second-order valence-corrected chi connectivity index (χ2v) is 11.6. The number of hydrogen-bond donors (Lipinski definition) is 2. The van der Waals surface area contributed by atoms with Gasteiger partial charge in [0.05, 0.1) is 12.0 Å². The summed E-state index contributed by atoms with van der Waals surface area (Å²) < 4.78 is 10.3. The van der Waals surface area contributed by atoms with Crippen molar-refractivity contribution in [1.82, 2.24) is 35.4 Å². The van der Waals surface area contributed by atoms with Crippen LogP contribution in [-0.2, 0) is 40.0 Å². The number of anilines is 1. The van der Waals surface area contributed by atoms with Crippen molar-refractivity contribution < 1.29 is 33.5 Å². The maximum atomic E-state index is 13.3. The lowest BCUT2D eigenvalue weighted by Gasteiger charge is -2.49. The van der Waals surface area contributed by atoms with Gasteiger partial charge in [-0.2, -0.15) is 4.80 Å². The summed E-state index contributed by atoms with van der Waals surface area (Å²) >= 11 is 2.44. The van der Waals surface area contributed by atoms with Gasteiger partial charge in [0, 0.05) is 11.1 Å². The topological polar surface area (TPSA) is 206 Å². The zero-order chi connectivity index (χ0) is 29.2. The van der Waals surface area contributed by atoms with Gasteiger partial charge in [-0.15, -0.1) is 33.3 Å². The third-order valence-corrected chi connectivity index (χ3v) is 7.58. The van der Waals surface area contributed by atoms with Crippen LogP contribution < -0.4 is 11.1 Å². The van der Waals surface area contributed by atoms with Crippen LogP contribution >= 0.6 is 23.1 Å². The van der Waals surface area contributed by atoms with Crippen molar-refractivity contribution in [1.29, 1.82) is 0 Å². The van der Waals surface area contributed by atoms with Crippen LogP contribution in [0.4, 0.5) is 5.13 Å². The number of nitrogens with two attached hydrogens (primary N) is 1. The Balaban J connectivity index is 1.53. The molecule has 2 atom stereocenters. The van der Waals surface area contributed by atoms with Gasteiger partial charge < -0.3 is 25.4 Å². The second kappa shape index (κ2) is 11.6. The number of carbonyl (C=O) groups excluding carboxylic acids is 4. The minimum absolute atomic E-state index is 0.0425. The van der Waals surface area contributed by atoms with Crippen LogP contribution in [0.3, 0.4) is 0 Å². The Labute approximate surface area is 236 Å². The quantitative estimate of drug-likeness (QED) is 0.127. The standard InChI is InChI=1S/C22H27N9O7S2/c1-10-26-29-30(27-10)6-11-7-39-18-14(25-16(32)13(28-36-5)12-8-40-21(23)24-12)17(33)31(18)15(11)19(34)37-9-38-20(35)22(2,3)4/h8,14,18H,6-7,9H2,1-5H3,(H2,23,24)(H,25,32)/t14-,18+/m1/s1. The van der Waals surface area contributed by atoms with E-state index in [2.05, 4.69) is 30.9 Å². The van der Waals surface area contributed by atoms with E-state index in [4.69, 9.17) is 20.0 Å². The Morgan fingerprint density at radius 3 is 2.62 bits per heavy atom. The van der Waals surface area contributed by atoms with Crippen LogP contribution in [0.5, 0.6) is 0 Å². The first-order valence-electron chi connectivity index (χ1n) is 11.8. The number of nitrogens with one attached hydrogen (secondary N) is 1. The van der Waals surface area contributed by atoms with Crippen LogP contribution in [-0.4, -0.2) is 90.6 Å². The summed E-state index contributed by atoms with van der Waals surface area (Å²) in [6, 6.07) is -0.981. The largest absolute Gasteiger partial charge is 0.427 e. The van der Waals surface area contributed by atoms with Crippen molar-refractivity contribution >= 4 is 57.7 Å². The molecule has 0 bridgehead atoms. The summed E-state index contributed by atoms with van der Waals surface area (Å²) in [7, 11) is 1.27. The first-order valence-corrected chi connectivity index (χ1v) is 13.7. The van der Waals surface area contributed by atoms with Crippen molar-refractivity contribution in [3.05, 3.63) is 28.2 Å². The zero-order valence-corrected chi connectivity index (χ0v) is 23.9. The van der Waals surface area contributed by atoms with E-state index in [1.54, 1.807) is 27.7 Å². The number of oxime groups is 1. The van der Waals surface area contributed by atoms with E-state index in [0.717, 1.165) is 11.3 Å². The number of amides is 2. The summed E-state index contributed by atoms with van der Waals surface area (Å²) in [6.07, 6.45) is 0. The lowest BCUT2D eigenvalue weighted by atomic mass is 9.98. The normalized spacial score (nSPS) is 19.1. The van der Waals surface area contributed by atoms with Gasteiger partial charge in [0.1, 0.15) is 29.9 Å². The number of nitrogen functional groups attached to an aromatic ring is 1. The molecule has 2 aromatic rings. The number of tetrazole rings is 1. The molecule has 3 N–H and O–H groups in total. The molecule has 16 nitrogen and oxygen atoms in total. The average Bonchev–Trinajstić information content (AvgIpc) is 3.51. The lowest BCUT2D eigenvalue weighted by molar-refractivity contribution is -0.173. The molecule has 0 unspecified atom stereocenters. The summed E-state index contributed by atoms with van der Waals surface area (Å²) in [5, 5.41) is 19.4. The van der Waals surface area contributed by atoms with E-state index in [0.29, 0.717) is 11.4 Å². The molecule has 4 heterocycles. The van der Waals surface area contributed by atoms with Crippen LogP contribution in [0, 0.1) is 12.3 Å². The summed E-state index contributed by atoms with van der Waals surface area (Å²) in [4.78, 5) is 62.9. The minimum atomic E-state index is -0.981. The smallest absolute Gasteiger partial charge is 0.358 e. The van der Waals surface area contributed by atoms with Crippen LogP contribution in [0.15, 0.2) is 21.8 Å². The van der Waals surface area contributed by atoms with Crippen molar-refractivity contribution in [2.75, 3.05) is 25.4 Å². The molecule has 0 saturated carbocycles. The van der Waals surface area contributed by atoms with Crippen LogP contribution in [0.25, 0.3) is 0 Å². The molecule has 1 fully saturated rings. The number of carbonyl (C=O) groups is 4. The summed E-state index contributed by atoms with van der Waals surface area (Å²) in [5.74, 6) is -1.99. The molecule has 0 spiro atoms. The van der Waals surface area contributed by atoms with Gasteiger partial charge in [0.15, 0.2) is 16.7 Å². The molecule has 1 saturated heterocycles. The molecule has 0 aliphatic carbocycles. The highest BCUT2D eigenvalue weighted by atomic mass is 32.2. The first-order chi connectivity index (χ1) is 18.9. The van der Waals surface area contributed by atoms with Crippen molar-refractivity contribution in [2.24, 2.45) is 10.6 Å². The molecule has 2 aliphatic rings. The Morgan fingerprint density at radius 1 is 1.27 bits per heavy atom. The number of rotatable bonds is 9. The number of fused-ring (bicyclic) bond motifs is 1. The predicted molar refractivity (Wildman–Crippen MR) is 141 cm³/mol. The van der Waals surface area contributed by atoms with Crippen LogP contribution in [0.1, 0.15) is 32.3 Å². The average molecular weight is 594 g/mol. The number of β-lactam (4-membered cyclic amide) rings is 1. The molecule has 2 aromatic heterocycles. The molecule has 0 aromatic carbocycles. The highest BCUT2D eigenvalue weighted by Gasteiger charge is 2.55. The maximum Gasteiger partial charge on any atom is 0.358 e. The molecule has 40 heavy (non-hydrogen) atoms. The SMILES string of the molecule is CON=C(C(=O)N[C@@H]1C(=O)N2C(C(=O)OCOC(=O)C(C)(C)C)=C(Cn3nnc(C)n3)CS[C@@H]12)c1csc(N)n1. The number of aryl methyl sites for hydroxylation is 1. The minimum Gasteiger partial charge on any atom is -0.427 e. The van der Waals surface area contributed by atoms with Crippen molar-refractivity contribution in [2.45, 2.75) is 45.7 Å². The second-order valence-electron chi connectivity index (χ2n) is 9.61. The fourth-order valence-electron chi connectivity index (χ4n) is 3.68. The van der Waals surface area contributed by atoms with E-state index in [9.17, 15) is 19.2 Å². The molecular formula is C22H27N9O7S2. The Hall–Kier alpha value is -4.06. The van der Waals surface area contributed by atoms with Gasteiger partial charge >= 0.3 is 11.9 Å². The Kier molecular flexibility index (Phi) is 8.38. The van der Waals surface area contributed by atoms with E-state index in [-0.39, 0.29) is 34.5 Å². The first kappa shape index (κ1) is 28.9. The number of aromatic nitrogens is 5. The van der Waals surface area contributed by atoms with Gasteiger partial charge in [0.2, 0.25) is 6.79 Å². The van der Waals surface area contributed by atoms with Gasteiger partial charge in [-0.25, -0.2) is 9.78 Å². The Bertz CT molecular complexity index is 1390. The molecule has 4 rings (SSSR count). The molecule has 18 heteroatoms. The molecular weight excluding hydrogens is 566 g/mol. The highest BCUT2D eigenvalue weighted by molar-refractivity contribution is 8.00. The van der Waals surface area contributed by atoms with Gasteiger partial charge in [-0.05, 0) is 38.5 Å². The van der Waals surface area contributed by atoms with Gasteiger partial charge in [-0.1, -0.05) is 5.16 Å². The fraction of sp³-hybridized carbons (Fsp3) is 0.500. The lowest BCUT2D eigenvalue weighted by Crippen LogP contribution is -2.71. The zero-order valence-electron chi connectivity index (χ0n) is 22.2. The number of nitrogens with zero attached hydrogens (tertiary/aromatic N) is 7. The maximum absolute atomic E-state index is 13.3. The van der Waals surface area contributed by atoms with E-state index < -0.39 is 47.4 Å². The predicted octanol–water partition coefficient (Wildman–Crippen LogP) is -0.185. The number of thiazole rings is 1.